The van der Waals surface area contributed by atoms with Gasteiger partial charge in [-0.3, -0.25) is 0 Å². The molecular weight excluding hydrogens is 240 g/mol. The summed E-state index contributed by atoms with van der Waals surface area (Å²) in [7, 11) is 0. The van der Waals surface area contributed by atoms with Gasteiger partial charge in [0.2, 0.25) is 0 Å². The van der Waals surface area contributed by atoms with Gasteiger partial charge in [-0.05, 0) is 36.0 Å². The molecule has 0 radical (unpaired) electrons. The minimum absolute atomic E-state index is 0.173. The monoisotopic (exact) mass is 264 g/mol. The molecule has 4 nitrogen and oxygen atoms in total. The van der Waals surface area contributed by atoms with Crippen LogP contribution in [0.1, 0.15) is 44.5 Å². The average Bonchev–Trinajstić information content (AvgIpc) is 2.25. The number of carbonyl (C=O) groups is 1. The van der Waals surface area contributed by atoms with E-state index in [1.165, 1.54) is 6.07 Å². The van der Waals surface area contributed by atoms with Crippen molar-refractivity contribution in [3.8, 4) is 0 Å². The second-order valence-corrected chi connectivity index (χ2v) is 6.22. The maximum absolute atomic E-state index is 10.8. The van der Waals surface area contributed by atoms with E-state index in [4.69, 9.17) is 10.8 Å². The van der Waals surface area contributed by atoms with Crippen molar-refractivity contribution in [2.24, 2.45) is 11.3 Å². The van der Waals surface area contributed by atoms with Crippen molar-refractivity contribution in [3.63, 3.8) is 0 Å². The van der Waals surface area contributed by atoms with Gasteiger partial charge in [-0.1, -0.05) is 27.7 Å². The molecule has 0 atom stereocenters. The molecule has 0 fully saturated rings. The number of carboxylic acid groups (broad SMARTS) is 1. The van der Waals surface area contributed by atoms with Gasteiger partial charge in [0, 0.05) is 6.54 Å². The number of nitrogens with two attached hydrogens (primary N) is 1. The lowest BCUT2D eigenvalue weighted by Gasteiger charge is -2.27. The minimum atomic E-state index is -0.960. The van der Waals surface area contributed by atoms with Crippen molar-refractivity contribution in [3.05, 3.63) is 23.8 Å². The predicted molar refractivity (Wildman–Crippen MR) is 79.5 cm³/mol. The van der Waals surface area contributed by atoms with Crippen molar-refractivity contribution >= 4 is 17.3 Å². The fourth-order valence-corrected chi connectivity index (χ4v) is 2.37. The first kappa shape index (κ1) is 15.3. The second-order valence-electron chi connectivity index (χ2n) is 6.22. The minimum Gasteiger partial charge on any atom is -0.478 e. The Morgan fingerprint density at radius 2 is 2.05 bits per heavy atom. The number of nitrogens with one attached hydrogen (secondary N) is 1. The van der Waals surface area contributed by atoms with Crippen LogP contribution in [0.15, 0.2) is 18.2 Å². The van der Waals surface area contributed by atoms with Crippen LogP contribution in [0.4, 0.5) is 11.4 Å². The van der Waals surface area contributed by atoms with Crippen LogP contribution in [0.25, 0.3) is 0 Å². The van der Waals surface area contributed by atoms with Gasteiger partial charge in [0.1, 0.15) is 0 Å². The molecule has 4 N–H and O–H groups in total. The van der Waals surface area contributed by atoms with E-state index in [9.17, 15) is 4.79 Å². The summed E-state index contributed by atoms with van der Waals surface area (Å²) >= 11 is 0. The van der Waals surface area contributed by atoms with Crippen LogP contribution in [0.2, 0.25) is 0 Å². The van der Waals surface area contributed by atoms with Crippen LogP contribution in [-0.2, 0) is 0 Å². The Balaban J connectivity index is 2.71. The highest BCUT2D eigenvalue weighted by atomic mass is 16.4. The molecule has 0 spiro atoms. The van der Waals surface area contributed by atoms with Crippen LogP contribution < -0.4 is 11.1 Å². The molecule has 1 aromatic carbocycles. The van der Waals surface area contributed by atoms with Gasteiger partial charge in [-0.25, -0.2) is 4.79 Å². The zero-order valence-electron chi connectivity index (χ0n) is 12.2. The summed E-state index contributed by atoms with van der Waals surface area (Å²) in [6, 6.07) is 4.78. The molecule has 19 heavy (non-hydrogen) atoms. The van der Waals surface area contributed by atoms with Crippen LogP contribution in [0.5, 0.6) is 0 Å². The van der Waals surface area contributed by atoms with E-state index >= 15 is 0 Å². The number of rotatable bonds is 6. The van der Waals surface area contributed by atoms with Crippen LogP contribution in [0, 0.1) is 11.3 Å². The van der Waals surface area contributed by atoms with E-state index in [0.717, 1.165) is 18.7 Å². The zero-order chi connectivity index (χ0) is 14.6. The smallest absolute Gasteiger partial charge is 0.335 e. The lowest BCUT2D eigenvalue weighted by Crippen LogP contribution is -2.25. The summed E-state index contributed by atoms with van der Waals surface area (Å²) in [5, 5.41) is 12.2. The molecule has 0 aromatic heterocycles. The first-order chi connectivity index (χ1) is 8.71. The third-order valence-electron chi connectivity index (χ3n) is 3.02. The standard InChI is InChI=1S/C15H24N2O2/c1-10(2)8-15(3,4)9-17-13-6-5-11(14(18)19)7-12(13)16/h5-7,10,17H,8-9,16H2,1-4H3,(H,18,19). The largest absolute Gasteiger partial charge is 0.478 e. The molecule has 0 aliphatic carbocycles. The molecule has 0 amide bonds. The van der Waals surface area contributed by atoms with E-state index in [1.807, 2.05) is 0 Å². The van der Waals surface area contributed by atoms with E-state index in [-0.39, 0.29) is 11.0 Å². The Morgan fingerprint density at radius 1 is 1.42 bits per heavy atom. The summed E-state index contributed by atoms with van der Waals surface area (Å²) in [6.45, 7) is 9.64. The SMILES string of the molecule is CC(C)CC(C)(C)CNc1ccc(C(=O)O)cc1N. The van der Waals surface area contributed by atoms with E-state index in [2.05, 4.69) is 33.0 Å². The number of aromatic carboxylic acids is 1. The number of hydrogen-bond donors (Lipinski definition) is 3. The summed E-state index contributed by atoms with van der Waals surface area (Å²) in [6.07, 6.45) is 1.12. The van der Waals surface area contributed by atoms with Crippen LogP contribution in [-0.4, -0.2) is 17.6 Å². The molecule has 106 valence electrons. The van der Waals surface area contributed by atoms with Gasteiger partial charge in [0.05, 0.1) is 16.9 Å². The molecule has 0 aliphatic rings. The van der Waals surface area contributed by atoms with Crippen LogP contribution >= 0.6 is 0 Å². The normalized spacial score (nSPS) is 11.6. The maximum Gasteiger partial charge on any atom is 0.335 e. The molecule has 1 rings (SSSR count). The van der Waals surface area contributed by atoms with E-state index < -0.39 is 5.97 Å². The molecule has 1 aromatic rings. The molecule has 0 unspecified atom stereocenters. The first-order valence-corrected chi connectivity index (χ1v) is 6.58. The number of hydrogen-bond acceptors (Lipinski definition) is 3. The highest BCUT2D eigenvalue weighted by Gasteiger charge is 2.19. The van der Waals surface area contributed by atoms with Gasteiger partial charge < -0.3 is 16.2 Å². The van der Waals surface area contributed by atoms with Crippen LogP contribution in [0.3, 0.4) is 0 Å². The Labute approximate surface area is 115 Å². The van der Waals surface area contributed by atoms with Gasteiger partial charge in [0.15, 0.2) is 0 Å². The van der Waals surface area contributed by atoms with E-state index in [0.29, 0.717) is 11.6 Å². The first-order valence-electron chi connectivity index (χ1n) is 6.58. The van der Waals surface area contributed by atoms with E-state index in [1.54, 1.807) is 12.1 Å². The third kappa shape index (κ3) is 4.81. The Bertz CT molecular complexity index is 453. The highest BCUT2D eigenvalue weighted by molar-refractivity contribution is 5.90. The number of benzene rings is 1. The number of anilines is 2. The molecule has 0 saturated heterocycles. The van der Waals surface area contributed by atoms with Gasteiger partial charge >= 0.3 is 5.97 Å². The van der Waals surface area contributed by atoms with Gasteiger partial charge in [0.25, 0.3) is 0 Å². The lowest BCUT2D eigenvalue weighted by molar-refractivity contribution is 0.0697. The molecule has 0 bridgehead atoms. The van der Waals surface area contributed by atoms with Crippen molar-refractivity contribution in [1.82, 2.24) is 0 Å². The quantitative estimate of drug-likeness (QED) is 0.688. The van der Waals surface area contributed by atoms with Crippen molar-refractivity contribution in [1.29, 1.82) is 0 Å². The summed E-state index contributed by atoms with van der Waals surface area (Å²) < 4.78 is 0. The molecule has 0 saturated carbocycles. The zero-order valence-corrected chi connectivity index (χ0v) is 12.2. The fraction of sp³-hybridized carbons (Fsp3) is 0.533. The second kappa shape index (κ2) is 5.95. The molecule has 0 heterocycles. The van der Waals surface area contributed by atoms with Crippen molar-refractivity contribution < 1.29 is 9.90 Å². The van der Waals surface area contributed by atoms with Crippen molar-refractivity contribution in [2.75, 3.05) is 17.6 Å². The maximum atomic E-state index is 10.8. The third-order valence-corrected chi connectivity index (χ3v) is 3.02. The Hall–Kier alpha value is -1.71. The number of nitrogen functional groups attached to an aromatic ring is 1. The van der Waals surface area contributed by atoms with Gasteiger partial charge in [-0.2, -0.15) is 0 Å². The molecular formula is C15H24N2O2. The summed E-state index contributed by atoms with van der Waals surface area (Å²) in [4.78, 5) is 10.8. The Morgan fingerprint density at radius 3 is 2.53 bits per heavy atom. The molecule has 0 aliphatic heterocycles. The predicted octanol–water partition coefficient (Wildman–Crippen LogP) is 3.45. The van der Waals surface area contributed by atoms with Gasteiger partial charge in [-0.15, -0.1) is 0 Å². The van der Waals surface area contributed by atoms with Crippen molar-refractivity contribution in [2.45, 2.75) is 34.1 Å². The molecule has 4 heteroatoms. The Kier molecular flexibility index (Phi) is 4.81. The fourth-order valence-electron chi connectivity index (χ4n) is 2.37. The highest BCUT2D eigenvalue weighted by Crippen LogP contribution is 2.27. The summed E-state index contributed by atoms with van der Waals surface area (Å²) in [5.41, 5.74) is 7.51. The number of carboxylic acids is 1. The topological polar surface area (TPSA) is 75.3 Å². The lowest BCUT2D eigenvalue weighted by atomic mass is 9.84. The average molecular weight is 264 g/mol. The summed E-state index contributed by atoms with van der Waals surface area (Å²) in [5.74, 6) is -0.318.